The third-order valence-corrected chi connectivity index (χ3v) is 3.61. The number of nitrogens with zero attached hydrogens (tertiary/aromatic N) is 2. The third kappa shape index (κ3) is 2.75. The smallest absolute Gasteiger partial charge is 0.366 e. The standard InChI is InChI=1S/C15H18F3N3O/c1-9(2)10-6-4-5-7-12(10)21-13(15(16,17)18)11(14(19)22)8-20(21)3/h4-9,13H,1-3H3,(H2,19,22). The molecule has 22 heavy (non-hydrogen) atoms. The van der Waals surface area contributed by atoms with Crippen LogP contribution in [0.4, 0.5) is 18.9 Å². The highest BCUT2D eigenvalue weighted by Crippen LogP contribution is 2.40. The zero-order valence-corrected chi connectivity index (χ0v) is 12.6. The van der Waals surface area contributed by atoms with E-state index in [-0.39, 0.29) is 5.92 Å². The molecule has 1 aliphatic heterocycles. The lowest BCUT2D eigenvalue weighted by Crippen LogP contribution is -2.50. The maximum absolute atomic E-state index is 13.5. The number of carbonyl (C=O) groups is 1. The third-order valence-electron chi connectivity index (χ3n) is 3.61. The fraction of sp³-hybridized carbons (Fsp3) is 0.400. The molecule has 2 N–H and O–H groups in total. The zero-order valence-electron chi connectivity index (χ0n) is 12.6. The van der Waals surface area contributed by atoms with Crippen LogP contribution in [0.15, 0.2) is 36.0 Å². The minimum absolute atomic E-state index is 0.0381. The van der Waals surface area contributed by atoms with Gasteiger partial charge in [0.2, 0.25) is 5.91 Å². The Hall–Kier alpha value is -2.18. The van der Waals surface area contributed by atoms with Gasteiger partial charge in [-0.2, -0.15) is 13.2 Å². The van der Waals surface area contributed by atoms with E-state index >= 15 is 0 Å². The lowest BCUT2D eigenvalue weighted by Gasteiger charge is -2.36. The summed E-state index contributed by atoms with van der Waals surface area (Å²) < 4.78 is 40.5. The Morgan fingerprint density at radius 3 is 2.36 bits per heavy atom. The summed E-state index contributed by atoms with van der Waals surface area (Å²) in [6, 6.07) is 4.77. The van der Waals surface area contributed by atoms with Gasteiger partial charge in [-0.1, -0.05) is 32.0 Å². The van der Waals surface area contributed by atoms with E-state index in [0.29, 0.717) is 5.69 Å². The SMILES string of the molecule is CC(C)c1ccccc1N1C(C(F)(F)F)C(C(N)=O)=CN1C. The van der Waals surface area contributed by atoms with Crippen LogP contribution in [0.25, 0.3) is 0 Å². The molecule has 0 saturated carbocycles. The number of carbonyl (C=O) groups excluding carboxylic acids is 1. The minimum Gasteiger partial charge on any atom is -0.366 e. The van der Waals surface area contributed by atoms with Crippen molar-refractivity contribution < 1.29 is 18.0 Å². The summed E-state index contributed by atoms with van der Waals surface area (Å²) in [4.78, 5) is 11.4. The number of halogens is 3. The molecule has 0 aliphatic carbocycles. The lowest BCUT2D eigenvalue weighted by molar-refractivity contribution is -0.146. The molecular formula is C15H18F3N3O. The molecule has 1 aromatic carbocycles. The molecule has 7 heteroatoms. The molecule has 2 rings (SSSR count). The topological polar surface area (TPSA) is 49.6 Å². The molecule has 1 atom stereocenters. The summed E-state index contributed by atoms with van der Waals surface area (Å²) in [7, 11) is 1.46. The van der Waals surface area contributed by atoms with E-state index in [4.69, 9.17) is 5.73 Å². The first-order valence-electron chi connectivity index (χ1n) is 6.83. The van der Waals surface area contributed by atoms with E-state index in [9.17, 15) is 18.0 Å². The summed E-state index contributed by atoms with van der Waals surface area (Å²) in [5, 5.41) is 2.33. The molecule has 1 unspecified atom stereocenters. The largest absolute Gasteiger partial charge is 0.415 e. The van der Waals surface area contributed by atoms with Crippen molar-refractivity contribution in [3.63, 3.8) is 0 Å². The normalized spacial score (nSPS) is 18.9. The van der Waals surface area contributed by atoms with Crippen molar-refractivity contribution in [2.24, 2.45) is 5.73 Å². The Kier molecular flexibility index (Phi) is 4.08. The van der Waals surface area contributed by atoms with Crippen molar-refractivity contribution in [3.8, 4) is 0 Å². The summed E-state index contributed by atoms with van der Waals surface area (Å²) >= 11 is 0. The van der Waals surface area contributed by atoms with Crippen molar-refractivity contribution in [2.75, 3.05) is 12.1 Å². The van der Waals surface area contributed by atoms with Gasteiger partial charge in [0.1, 0.15) is 0 Å². The average molecular weight is 313 g/mol. The predicted molar refractivity (Wildman–Crippen MR) is 77.9 cm³/mol. The monoisotopic (exact) mass is 313 g/mol. The number of hydrogen-bond donors (Lipinski definition) is 1. The van der Waals surface area contributed by atoms with Crippen molar-refractivity contribution in [2.45, 2.75) is 32.0 Å². The number of alkyl halides is 3. The molecule has 120 valence electrons. The maximum atomic E-state index is 13.5. The van der Waals surface area contributed by atoms with Crippen LogP contribution in [0.5, 0.6) is 0 Å². The second-order valence-corrected chi connectivity index (χ2v) is 5.52. The lowest BCUT2D eigenvalue weighted by atomic mass is 9.99. The minimum atomic E-state index is -4.62. The van der Waals surface area contributed by atoms with E-state index in [1.54, 1.807) is 24.3 Å². The Bertz CT molecular complexity index is 610. The van der Waals surface area contributed by atoms with Gasteiger partial charge in [-0.05, 0) is 17.5 Å². The van der Waals surface area contributed by atoms with Gasteiger partial charge >= 0.3 is 6.18 Å². The van der Waals surface area contributed by atoms with Gasteiger partial charge in [0.05, 0.1) is 11.3 Å². The first-order valence-corrected chi connectivity index (χ1v) is 6.83. The first-order chi connectivity index (χ1) is 10.1. The zero-order chi connectivity index (χ0) is 16.7. The van der Waals surface area contributed by atoms with Crippen LogP contribution in [0.2, 0.25) is 0 Å². The molecule has 1 amide bonds. The second-order valence-electron chi connectivity index (χ2n) is 5.52. The number of benzene rings is 1. The highest BCUT2D eigenvalue weighted by molar-refractivity contribution is 5.95. The Balaban J connectivity index is 2.57. The number of para-hydroxylation sites is 1. The first kappa shape index (κ1) is 16.2. The van der Waals surface area contributed by atoms with E-state index in [1.807, 2.05) is 13.8 Å². The van der Waals surface area contributed by atoms with Gasteiger partial charge in [0.25, 0.3) is 0 Å². The fourth-order valence-electron chi connectivity index (χ4n) is 2.65. The Morgan fingerprint density at radius 1 is 1.27 bits per heavy atom. The number of rotatable bonds is 3. The molecule has 0 bridgehead atoms. The van der Waals surface area contributed by atoms with Crippen LogP contribution < -0.4 is 10.7 Å². The van der Waals surface area contributed by atoms with Crippen LogP contribution in [-0.4, -0.2) is 30.2 Å². The number of hydrazine groups is 1. The summed E-state index contributed by atoms with van der Waals surface area (Å²) in [6.45, 7) is 3.81. The number of anilines is 1. The number of nitrogens with two attached hydrogens (primary N) is 1. The van der Waals surface area contributed by atoms with Gasteiger partial charge in [0.15, 0.2) is 6.04 Å². The van der Waals surface area contributed by atoms with Crippen LogP contribution in [0, 0.1) is 0 Å². The highest BCUT2D eigenvalue weighted by Gasteiger charge is 2.52. The molecule has 1 aromatic rings. The molecule has 4 nitrogen and oxygen atoms in total. The number of hydrogen-bond acceptors (Lipinski definition) is 3. The van der Waals surface area contributed by atoms with Gasteiger partial charge < -0.3 is 5.73 Å². The van der Waals surface area contributed by atoms with Gasteiger partial charge in [-0.15, -0.1) is 0 Å². The molecule has 0 radical (unpaired) electrons. The molecular weight excluding hydrogens is 295 g/mol. The quantitative estimate of drug-likeness (QED) is 0.933. The highest BCUT2D eigenvalue weighted by atomic mass is 19.4. The predicted octanol–water partition coefficient (Wildman–Crippen LogP) is 2.78. The molecule has 0 saturated heterocycles. The van der Waals surface area contributed by atoms with Crippen molar-refractivity contribution in [3.05, 3.63) is 41.6 Å². The molecule has 0 aromatic heterocycles. The van der Waals surface area contributed by atoms with E-state index in [1.165, 1.54) is 12.1 Å². The maximum Gasteiger partial charge on any atom is 0.415 e. The van der Waals surface area contributed by atoms with Crippen molar-refractivity contribution in [1.82, 2.24) is 5.01 Å². The summed E-state index contributed by atoms with van der Waals surface area (Å²) in [5.74, 6) is -1.03. The van der Waals surface area contributed by atoms with Gasteiger partial charge in [-0.25, -0.2) is 0 Å². The summed E-state index contributed by atoms with van der Waals surface area (Å²) in [6.07, 6.45) is -3.48. The molecule has 0 spiro atoms. The van der Waals surface area contributed by atoms with Gasteiger partial charge in [0, 0.05) is 13.2 Å². The van der Waals surface area contributed by atoms with E-state index in [0.717, 1.165) is 16.8 Å². The van der Waals surface area contributed by atoms with Gasteiger partial charge in [-0.3, -0.25) is 14.8 Å². The second kappa shape index (κ2) is 5.55. The molecule has 1 aliphatic rings. The van der Waals surface area contributed by atoms with Crippen LogP contribution in [0.3, 0.4) is 0 Å². The molecule has 0 fully saturated rings. The number of amides is 1. The average Bonchev–Trinajstić information content (AvgIpc) is 2.76. The van der Waals surface area contributed by atoms with Crippen molar-refractivity contribution in [1.29, 1.82) is 0 Å². The summed E-state index contributed by atoms with van der Waals surface area (Å²) in [5.41, 5.74) is 5.84. The molecule has 1 heterocycles. The van der Waals surface area contributed by atoms with Crippen molar-refractivity contribution >= 4 is 11.6 Å². The Labute approximate surface area is 127 Å². The fourth-order valence-corrected chi connectivity index (χ4v) is 2.65. The Morgan fingerprint density at radius 2 is 1.86 bits per heavy atom. The van der Waals surface area contributed by atoms with Crippen LogP contribution in [-0.2, 0) is 4.79 Å². The van der Waals surface area contributed by atoms with E-state index < -0.39 is 23.7 Å². The van der Waals surface area contributed by atoms with Crippen LogP contribution >= 0.6 is 0 Å². The number of primary amides is 1. The van der Waals surface area contributed by atoms with Crippen LogP contribution in [0.1, 0.15) is 25.3 Å². The van der Waals surface area contributed by atoms with E-state index in [2.05, 4.69) is 0 Å².